The van der Waals surface area contributed by atoms with Crippen molar-refractivity contribution >= 4 is 28.6 Å². The molecular formula is C25H24N8O. The topological polar surface area (TPSA) is 121 Å². The van der Waals surface area contributed by atoms with Crippen LogP contribution in [0.15, 0.2) is 48.9 Å². The third-order valence-electron chi connectivity index (χ3n) is 5.93. The summed E-state index contributed by atoms with van der Waals surface area (Å²) >= 11 is 0. The number of rotatable bonds is 8. The average Bonchev–Trinajstić information content (AvgIpc) is 3.42. The van der Waals surface area contributed by atoms with Crippen molar-refractivity contribution in [1.29, 1.82) is 5.26 Å². The maximum absolute atomic E-state index is 13.1. The lowest BCUT2D eigenvalue weighted by molar-refractivity contribution is -0.116. The van der Waals surface area contributed by atoms with Gasteiger partial charge in [0.1, 0.15) is 5.92 Å². The Bertz CT molecular complexity index is 1390. The van der Waals surface area contributed by atoms with E-state index in [9.17, 15) is 10.1 Å². The molecule has 1 aliphatic heterocycles. The number of nitrogens with one attached hydrogen (secondary N) is 2. The van der Waals surface area contributed by atoms with Crippen LogP contribution in [0.1, 0.15) is 54.5 Å². The highest BCUT2D eigenvalue weighted by molar-refractivity contribution is 6.06. The van der Waals surface area contributed by atoms with Gasteiger partial charge in [-0.15, -0.1) is 0 Å². The van der Waals surface area contributed by atoms with Crippen molar-refractivity contribution in [2.75, 3.05) is 10.6 Å². The summed E-state index contributed by atoms with van der Waals surface area (Å²) in [7, 11) is 0. The van der Waals surface area contributed by atoms with E-state index in [0.29, 0.717) is 35.1 Å². The largest absolute Gasteiger partial charge is 0.350 e. The Kier molecular flexibility index (Phi) is 5.87. The number of amides is 1. The number of pyridine rings is 1. The van der Waals surface area contributed by atoms with Gasteiger partial charge in [0.15, 0.2) is 5.65 Å². The quantitative estimate of drug-likeness (QED) is 0.388. The van der Waals surface area contributed by atoms with Gasteiger partial charge in [-0.25, -0.2) is 4.98 Å². The molecule has 5 rings (SSSR count). The molecule has 1 amide bonds. The van der Waals surface area contributed by atoms with Gasteiger partial charge in [-0.05, 0) is 47.9 Å². The maximum atomic E-state index is 13.1. The van der Waals surface area contributed by atoms with Gasteiger partial charge in [-0.2, -0.15) is 15.3 Å². The molecule has 4 heterocycles. The van der Waals surface area contributed by atoms with Crippen LogP contribution < -0.4 is 10.6 Å². The Morgan fingerprint density at radius 1 is 1.18 bits per heavy atom. The first-order chi connectivity index (χ1) is 16.7. The Morgan fingerprint density at radius 2 is 2.03 bits per heavy atom. The van der Waals surface area contributed by atoms with Crippen molar-refractivity contribution in [2.45, 2.75) is 45.2 Å². The van der Waals surface area contributed by atoms with Crippen molar-refractivity contribution in [1.82, 2.24) is 24.7 Å². The van der Waals surface area contributed by atoms with Crippen LogP contribution in [0, 0.1) is 11.3 Å². The molecule has 34 heavy (non-hydrogen) atoms. The standard InChI is InChI=1S/C25H24N8O/c1-2-3-4-11-33-15-19-22(21-18-12-17(13-26)5-6-20(18)29-24(21)34)30-25(31-23(19)32-33)28-14-16-7-9-27-10-8-16/h5-10,12,15,21H,2-4,11,14H2,1H3,(H,29,34)(H,28,31,32). The minimum Gasteiger partial charge on any atom is -0.350 e. The number of nitriles is 1. The zero-order valence-electron chi connectivity index (χ0n) is 18.8. The fourth-order valence-electron chi connectivity index (χ4n) is 4.20. The number of hydrogen-bond acceptors (Lipinski definition) is 7. The molecule has 0 saturated heterocycles. The molecule has 0 saturated carbocycles. The third-order valence-corrected chi connectivity index (χ3v) is 5.93. The van der Waals surface area contributed by atoms with E-state index < -0.39 is 5.92 Å². The molecule has 1 atom stereocenters. The summed E-state index contributed by atoms with van der Waals surface area (Å²) in [5.74, 6) is -0.428. The van der Waals surface area contributed by atoms with E-state index in [4.69, 9.17) is 4.98 Å². The molecule has 170 valence electrons. The molecule has 3 aromatic heterocycles. The first-order valence-corrected chi connectivity index (χ1v) is 11.4. The fourth-order valence-corrected chi connectivity index (χ4v) is 4.20. The highest BCUT2D eigenvalue weighted by atomic mass is 16.2. The molecule has 9 nitrogen and oxygen atoms in total. The van der Waals surface area contributed by atoms with Crippen LogP contribution in [-0.4, -0.2) is 30.6 Å². The van der Waals surface area contributed by atoms with Gasteiger partial charge in [-0.1, -0.05) is 19.8 Å². The number of benzene rings is 1. The second-order valence-electron chi connectivity index (χ2n) is 8.31. The molecule has 0 fully saturated rings. The molecule has 1 aromatic carbocycles. The smallest absolute Gasteiger partial charge is 0.238 e. The van der Waals surface area contributed by atoms with Crippen LogP contribution in [0.25, 0.3) is 11.0 Å². The zero-order chi connectivity index (χ0) is 23.5. The Hall–Kier alpha value is -4.32. The van der Waals surface area contributed by atoms with Gasteiger partial charge in [0.2, 0.25) is 11.9 Å². The van der Waals surface area contributed by atoms with Crippen LogP contribution in [0.5, 0.6) is 0 Å². The lowest BCUT2D eigenvalue weighted by atomic mass is 9.94. The van der Waals surface area contributed by atoms with Gasteiger partial charge >= 0.3 is 0 Å². The molecule has 4 aromatic rings. The number of unbranched alkanes of at least 4 members (excludes halogenated alkanes) is 2. The summed E-state index contributed by atoms with van der Waals surface area (Å²) in [6, 6.07) is 11.2. The molecule has 0 radical (unpaired) electrons. The number of fused-ring (bicyclic) bond motifs is 2. The summed E-state index contributed by atoms with van der Waals surface area (Å²) in [4.78, 5) is 26.5. The molecule has 0 aliphatic carbocycles. The molecule has 9 heteroatoms. The van der Waals surface area contributed by atoms with Crippen molar-refractivity contribution in [3.63, 3.8) is 0 Å². The molecule has 0 bridgehead atoms. The van der Waals surface area contributed by atoms with E-state index in [1.54, 1.807) is 30.6 Å². The molecule has 1 aliphatic rings. The molecule has 0 spiro atoms. The Morgan fingerprint density at radius 3 is 2.82 bits per heavy atom. The monoisotopic (exact) mass is 452 g/mol. The number of hydrogen-bond donors (Lipinski definition) is 2. The van der Waals surface area contributed by atoms with Gasteiger partial charge in [0.05, 0.1) is 22.7 Å². The second kappa shape index (κ2) is 9.27. The normalized spacial score (nSPS) is 14.6. The lowest BCUT2D eigenvalue weighted by Crippen LogP contribution is -2.16. The van der Waals surface area contributed by atoms with Crippen molar-refractivity contribution in [3.8, 4) is 6.07 Å². The van der Waals surface area contributed by atoms with E-state index in [0.717, 1.165) is 42.3 Å². The molecule has 1 unspecified atom stereocenters. The van der Waals surface area contributed by atoms with E-state index in [1.807, 2.05) is 23.0 Å². The molecule has 2 N–H and O–H groups in total. The predicted molar refractivity (Wildman–Crippen MR) is 128 cm³/mol. The van der Waals surface area contributed by atoms with Crippen LogP contribution >= 0.6 is 0 Å². The van der Waals surface area contributed by atoms with Crippen LogP contribution in [0.3, 0.4) is 0 Å². The lowest BCUT2D eigenvalue weighted by Gasteiger charge is -2.12. The van der Waals surface area contributed by atoms with Crippen molar-refractivity contribution in [3.05, 3.63) is 71.3 Å². The van der Waals surface area contributed by atoms with Gasteiger partial charge in [-0.3, -0.25) is 14.5 Å². The maximum Gasteiger partial charge on any atom is 0.238 e. The van der Waals surface area contributed by atoms with E-state index >= 15 is 0 Å². The third kappa shape index (κ3) is 4.18. The van der Waals surface area contributed by atoms with Gasteiger partial charge in [0.25, 0.3) is 0 Å². The zero-order valence-corrected chi connectivity index (χ0v) is 18.8. The highest BCUT2D eigenvalue weighted by Gasteiger charge is 2.35. The summed E-state index contributed by atoms with van der Waals surface area (Å²) < 4.78 is 1.88. The van der Waals surface area contributed by atoms with Crippen molar-refractivity contribution < 1.29 is 4.79 Å². The Balaban J connectivity index is 1.57. The number of aromatic nitrogens is 5. The van der Waals surface area contributed by atoms with Crippen LogP contribution in [0.4, 0.5) is 11.6 Å². The predicted octanol–water partition coefficient (Wildman–Crippen LogP) is 3.98. The number of carbonyl (C=O) groups excluding carboxylic acids is 1. The van der Waals surface area contributed by atoms with E-state index in [2.05, 4.69) is 38.7 Å². The van der Waals surface area contributed by atoms with E-state index in [-0.39, 0.29) is 5.91 Å². The summed E-state index contributed by atoms with van der Waals surface area (Å²) in [6.45, 7) is 3.45. The number of anilines is 2. The van der Waals surface area contributed by atoms with Crippen molar-refractivity contribution in [2.24, 2.45) is 0 Å². The number of nitrogens with zero attached hydrogens (tertiary/aromatic N) is 6. The minimum absolute atomic E-state index is 0.177. The van der Waals surface area contributed by atoms with Crippen LogP contribution in [-0.2, 0) is 17.9 Å². The Labute approximate surface area is 196 Å². The highest BCUT2D eigenvalue weighted by Crippen LogP contribution is 2.39. The van der Waals surface area contributed by atoms with Gasteiger partial charge < -0.3 is 10.6 Å². The summed E-state index contributed by atoms with van der Waals surface area (Å²) in [5, 5.41) is 21.0. The average molecular weight is 453 g/mol. The fraction of sp³-hybridized carbons (Fsp3) is 0.280. The van der Waals surface area contributed by atoms with Crippen LogP contribution in [0.2, 0.25) is 0 Å². The summed E-state index contributed by atoms with van der Waals surface area (Å²) in [6.07, 6.45) is 8.64. The first-order valence-electron chi connectivity index (χ1n) is 11.4. The number of aryl methyl sites for hydroxylation is 1. The van der Waals surface area contributed by atoms with E-state index in [1.165, 1.54) is 0 Å². The van der Waals surface area contributed by atoms with Gasteiger partial charge in [0, 0.05) is 37.4 Å². The first kappa shape index (κ1) is 21.5. The second-order valence-corrected chi connectivity index (χ2v) is 8.31. The SMILES string of the molecule is CCCCCn1cc2c(C3C(=O)Nc4ccc(C#N)cc43)nc(NCc3ccncc3)nc2n1. The minimum atomic E-state index is -0.649. The molecular weight excluding hydrogens is 428 g/mol. The number of carbonyl (C=O) groups is 1. The summed E-state index contributed by atoms with van der Waals surface area (Å²) in [5.41, 5.74) is 4.08.